The predicted octanol–water partition coefficient (Wildman–Crippen LogP) is 3.18. The average molecular weight is 280 g/mol. The molecule has 2 heterocycles. The molecule has 98 valence electrons. The standard InChI is InChI=1S/C14H20N2S2/c1-2-11-12(3-1)18-14(16-11)13(15-10-4-5-10)9-6-7-17-8-9/h9-10,13,15H,1-8H2. The summed E-state index contributed by atoms with van der Waals surface area (Å²) in [6.45, 7) is 0. The van der Waals surface area contributed by atoms with Gasteiger partial charge in [-0.3, -0.25) is 0 Å². The van der Waals surface area contributed by atoms with E-state index in [1.54, 1.807) is 4.88 Å². The normalized spacial score (nSPS) is 28.6. The number of aryl methyl sites for hydroxylation is 2. The minimum atomic E-state index is 0.558. The lowest BCUT2D eigenvalue weighted by Gasteiger charge is -2.22. The van der Waals surface area contributed by atoms with Crippen molar-refractivity contribution in [3.8, 4) is 0 Å². The molecule has 4 heteroatoms. The third-order valence-corrected chi connectivity index (χ3v) is 6.74. The third-order valence-electron chi connectivity index (χ3n) is 4.31. The van der Waals surface area contributed by atoms with Gasteiger partial charge in [0.25, 0.3) is 0 Å². The third kappa shape index (κ3) is 2.23. The molecule has 2 aliphatic carbocycles. The zero-order valence-corrected chi connectivity index (χ0v) is 12.3. The summed E-state index contributed by atoms with van der Waals surface area (Å²) >= 11 is 4.12. The Morgan fingerprint density at radius 1 is 1.22 bits per heavy atom. The van der Waals surface area contributed by atoms with Crippen LogP contribution in [0.2, 0.25) is 0 Å². The van der Waals surface area contributed by atoms with Gasteiger partial charge in [0, 0.05) is 10.9 Å². The molecular weight excluding hydrogens is 260 g/mol. The van der Waals surface area contributed by atoms with Gasteiger partial charge >= 0.3 is 0 Å². The molecule has 2 atom stereocenters. The first-order valence-electron chi connectivity index (χ1n) is 7.22. The summed E-state index contributed by atoms with van der Waals surface area (Å²) < 4.78 is 0. The molecule has 1 saturated carbocycles. The molecule has 1 aliphatic heterocycles. The van der Waals surface area contributed by atoms with Crippen molar-refractivity contribution in [1.82, 2.24) is 10.3 Å². The fraction of sp³-hybridized carbons (Fsp3) is 0.786. The van der Waals surface area contributed by atoms with E-state index in [4.69, 9.17) is 4.98 Å². The van der Waals surface area contributed by atoms with Crippen LogP contribution in [0, 0.1) is 5.92 Å². The monoisotopic (exact) mass is 280 g/mol. The second-order valence-electron chi connectivity index (χ2n) is 5.82. The van der Waals surface area contributed by atoms with Crippen LogP contribution in [0.25, 0.3) is 0 Å². The number of thiazole rings is 1. The van der Waals surface area contributed by atoms with Crippen LogP contribution in [-0.2, 0) is 12.8 Å². The number of hydrogen-bond acceptors (Lipinski definition) is 4. The van der Waals surface area contributed by atoms with Gasteiger partial charge < -0.3 is 5.32 Å². The molecule has 0 amide bonds. The summed E-state index contributed by atoms with van der Waals surface area (Å²) in [5.74, 6) is 3.50. The van der Waals surface area contributed by atoms with Gasteiger partial charge in [0.15, 0.2) is 0 Å². The first kappa shape index (κ1) is 11.7. The zero-order chi connectivity index (χ0) is 11.9. The highest BCUT2D eigenvalue weighted by Crippen LogP contribution is 2.40. The minimum absolute atomic E-state index is 0.558. The van der Waals surface area contributed by atoms with Crippen LogP contribution in [0.1, 0.15) is 47.3 Å². The maximum absolute atomic E-state index is 4.96. The van der Waals surface area contributed by atoms with Gasteiger partial charge in [-0.25, -0.2) is 4.98 Å². The Morgan fingerprint density at radius 3 is 2.89 bits per heavy atom. The number of hydrogen-bond donors (Lipinski definition) is 1. The SMILES string of the molecule is C1Cc2nc(C(NC3CC3)C3CCSC3)sc2C1. The first-order chi connectivity index (χ1) is 8.90. The van der Waals surface area contributed by atoms with E-state index in [1.807, 2.05) is 11.3 Å². The molecule has 2 nitrogen and oxygen atoms in total. The fourth-order valence-electron chi connectivity index (χ4n) is 3.07. The molecular formula is C14H20N2S2. The minimum Gasteiger partial charge on any atom is -0.305 e. The van der Waals surface area contributed by atoms with Gasteiger partial charge in [-0.15, -0.1) is 11.3 Å². The van der Waals surface area contributed by atoms with Crippen molar-refractivity contribution in [1.29, 1.82) is 0 Å². The van der Waals surface area contributed by atoms with E-state index in [9.17, 15) is 0 Å². The Hall–Kier alpha value is -0.0600. The van der Waals surface area contributed by atoms with E-state index in [2.05, 4.69) is 17.1 Å². The van der Waals surface area contributed by atoms with Crippen molar-refractivity contribution >= 4 is 23.1 Å². The van der Waals surface area contributed by atoms with E-state index in [0.29, 0.717) is 6.04 Å². The van der Waals surface area contributed by atoms with Crippen LogP contribution in [0.4, 0.5) is 0 Å². The fourth-order valence-corrected chi connectivity index (χ4v) is 5.68. The number of fused-ring (bicyclic) bond motifs is 1. The highest BCUT2D eigenvalue weighted by molar-refractivity contribution is 7.99. The maximum atomic E-state index is 4.96. The molecule has 3 aliphatic rings. The molecule has 0 spiro atoms. The quantitative estimate of drug-likeness (QED) is 0.917. The van der Waals surface area contributed by atoms with Crippen molar-refractivity contribution in [2.75, 3.05) is 11.5 Å². The molecule has 0 aromatic carbocycles. The van der Waals surface area contributed by atoms with Crippen LogP contribution < -0.4 is 5.32 Å². The topological polar surface area (TPSA) is 24.9 Å². The van der Waals surface area contributed by atoms with Crippen molar-refractivity contribution in [2.45, 2.75) is 50.6 Å². The van der Waals surface area contributed by atoms with Crippen LogP contribution >= 0.6 is 23.1 Å². The highest BCUT2D eigenvalue weighted by atomic mass is 32.2. The van der Waals surface area contributed by atoms with Crippen LogP contribution in [-0.4, -0.2) is 22.5 Å². The molecule has 18 heavy (non-hydrogen) atoms. The smallest absolute Gasteiger partial charge is 0.110 e. The summed E-state index contributed by atoms with van der Waals surface area (Å²) in [5.41, 5.74) is 1.42. The van der Waals surface area contributed by atoms with E-state index < -0.39 is 0 Å². The molecule has 0 bridgehead atoms. The van der Waals surface area contributed by atoms with Crippen molar-refractivity contribution in [3.63, 3.8) is 0 Å². The van der Waals surface area contributed by atoms with E-state index in [-0.39, 0.29) is 0 Å². The van der Waals surface area contributed by atoms with Crippen LogP contribution in [0.5, 0.6) is 0 Å². The van der Waals surface area contributed by atoms with Crippen molar-refractivity contribution in [2.24, 2.45) is 5.92 Å². The Balaban J connectivity index is 1.58. The Bertz CT molecular complexity index is 412. The number of thioether (sulfide) groups is 1. The summed E-state index contributed by atoms with van der Waals surface area (Å²) in [6, 6.07) is 1.35. The van der Waals surface area contributed by atoms with E-state index >= 15 is 0 Å². The van der Waals surface area contributed by atoms with Crippen molar-refractivity contribution in [3.05, 3.63) is 15.6 Å². The lowest BCUT2D eigenvalue weighted by molar-refractivity contribution is 0.388. The molecule has 1 saturated heterocycles. The average Bonchev–Trinajstić information content (AvgIpc) is 2.84. The van der Waals surface area contributed by atoms with E-state index in [1.165, 1.54) is 60.7 Å². The molecule has 4 rings (SSSR count). The van der Waals surface area contributed by atoms with Gasteiger partial charge in [0.1, 0.15) is 5.01 Å². The Kier molecular flexibility index (Phi) is 3.13. The molecule has 2 unspecified atom stereocenters. The van der Waals surface area contributed by atoms with Gasteiger partial charge in [-0.05, 0) is 55.9 Å². The lowest BCUT2D eigenvalue weighted by Crippen LogP contribution is -2.30. The Labute approximate surface area is 117 Å². The van der Waals surface area contributed by atoms with Crippen molar-refractivity contribution < 1.29 is 0 Å². The Morgan fingerprint density at radius 2 is 2.17 bits per heavy atom. The zero-order valence-electron chi connectivity index (χ0n) is 10.7. The maximum Gasteiger partial charge on any atom is 0.110 e. The van der Waals surface area contributed by atoms with Gasteiger partial charge in [0.05, 0.1) is 11.7 Å². The second-order valence-corrected chi connectivity index (χ2v) is 8.08. The van der Waals surface area contributed by atoms with Gasteiger partial charge in [-0.2, -0.15) is 11.8 Å². The first-order valence-corrected chi connectivity index (χ1v) is 9.19. The summed E-state index contributed by atoms with van der Waals surface area (Å²) in [6.07, 6.45) is 7.96. The molecule has 2 fully saturated rings. The summed E-state index contributed by atoms with van der Waals surface area (Å²) in [7, 11) is 0. The van der Waals surface area contributed by atoms with E-state index in [0.717, 1.165) is 12.0 Å². The largest absolute Gasteiger partial charge is 0.305 e. The second kappa shape index (κ2) is 4.80. The molecule has 0 radical (unpaired) electrons. The lowest BCUT2D eigenvalue weighted by atomic mass is 9.99. The van der Waals surface area contributed by atoms with Crippen LogP contribution in [0.15, 0.2) is 0 Å². The summed E-state index contributed by atoms with van der Waals surface area (Å²) in [4.78, 5) is 6.54. The molecule has 1 aromatic heterocycles. The summed E-state index contributed by atoms with van der Waals surface area (Å²) in [5, 5.41) is 5.27. The number of aromatic nitrogens is 1. The van der Waals surface area contributed by atoms with Gasteiger partial charge in [-0.1, -0.05) is 0 Å². The number of rotatable bonds is 4. The molecule has 1 N–H and O–H groups in total. The number of nitrogens with zero attached hydrogens (tertiary/aromatic N) is 1. The number of nitrogens with one attached hydrogen (secondary N) is 1. The van der Waals surface area contributed by atoms with Crippen LogP contribution in [0.3, 0.4) is 0 Å². The predicted molar refractivity (Wildman–Crippen MR) is 78.5 cm³/mol. The molecule has 1 aromatic rings. The highest BCUT2D eigenvalue weighted by Gasteiger charge is 2.34. The van der Waals surface area contributed by atoms with Gasteiger partial charge in [0.2, 0.25) is 0 Å².